The second-order valence-electron chi connectivity index (χ2n) is 6.35. The zero-order valence-electron chi connectivity index (χ0n) is 13.0. The van der Waals surface area contributed by atoms with Crippen LogP contribution in [0.25, 0.3) is 11.5 Å². The summed E-state index contributed by atoms with van der Waals surface area (Å²) in [5.41, 5.74) is 0.740. The fraction of sp³-hybridized carbons (Fsp3) is 0.562. The summed E-state index contributed by atoms with van der Waals surface area (Å²) in [7, 11) is 0. The van der Waals surface area contributed by atoms with Crippen LogP contribution < -0.4 is 5.32 Å². The summed E-state index contributed by atoms with van der Waals surface area (Å²) < 4.78 is 5.18. The number of hydrogen-bond donors (Lipinski definition) is 2. The predicted molar refractivity (Wildman–Crippen MR) is 83.3 cm³/mol. The highest BCUT2D eigenvalue weighted by atomic mass is 16.5. The fourth-order valence-electron chi connectivity index (χ4n) is 2.95. The Morgan fingerprint density at radius 2 is 2.32 bits per heavy atom. The monoisotopic (exact) mass is 302 g/mol. The highest BCUT2D eigenvalue weighted by Gasteiger charge is 2.35. The van der Waals surface area contributed by atoms with Crippen molar-refractivity contribution in [2.45, 2.75) is 45.6 Å². The Morgan fingerprint density at radius 3 is 3.05 bits per heavy atom. The van der Waals surface area contributed by atoms with Gasteiger partial charge in [0.05, 0.1) is 6.10 Å². The molecule has 0 saturated heterocycles. The maximum atomic E-state index is 10.2. The van der Waals surface area contributed by atoms with Crippen molar-refractivity contribution in [1.29, 1.82) is 0 Å². The molecule has 1 saturated carbocycles. The molecule has 6 nitrogen and oxygen atoms in total. The minimum absolute atomic E-state index is 0.100. The number of nitrogens with one attached hydrogen (secondary N) is 1. The van der Waals surface area contributed by atoms with Gasteiger partial charge < -0.3 is 14.9 Å². The lowest BCUT2D eigenvalue weighted by molar-refractivity contribution is 0.00958. The number of pyridine rings is 1. The van der Waals surface area contributed by atoms with Crippen LogP contribution in [0.2, 0.25) is 0 Å². The lowest BCUT2D eigenvalue weighted by Crippen LogP contribution is -2.41. The molecule has 0 radical (unpaired) electrons. The summed E-state index contributed by atoms with van der Waals surface area (Å²) in [4.78, 5) is 8.55. The van der Waals surface area contributed by atoms with Crippen LogP contribution in [-0.4, -0.2) is 32.9 Å². The number of anilines is 1. The van der Waals surface area contributed by atoms with Crippen LogP contribution in [0, 0.1) is 12.3 Å². The molecule has 2 N–H and O–H groups in total. The first-order valence-corrected chi connectivity index (χ1v) is 7.75. The van der Waals surface area contributed by atoms with E-state index in [0.29, 0.717) is 18.3 Å². The fourth-order valence-corrected chi connectivity index (χ4v) is 2.95. The van der Waals surface area contributed by atoms with Gasteiger partial charge in [0, 0.05) is 23.7 Å². The Balaban J connectivity index is 1.70. The van der Waals surface area contributed by atoms with E-state index in [1.807, 2.05) is 12.1 Å². The molecule has 1 aliphatic rings. The van der Waals surface area contributed by atoms with Crippen LogP contribution in [0.3, 0.4) is 0 Å². The molecule has 22 heavy (non-hydrogen) atoms. The molecule has 6 heteroatoms. The van der Waals surface area contributed by atoms with E-state index < -0.39 is 0 Å². The SMILES string of the molecule is Cc1noc(-c2ccnc(NCC3(C)CCCCC3O)c2)n1. The van der Waals surface area contributed by atoms with Gasteiger partial charge in [0.2, 0.25) is 0 Å². The number of rotatable bonds is 4. The molecule has 2 heterocycles. The molecule has 0 aliphatic heterocycles. The second kappa shape index (κ2) is 6.04. The maximum Gasteiger partial charge on any atom is 0.258 e. The van der Waals surface area contributed by atoms with Crippen molar-refractivity contribution in [2.24, 2.45) is 5.41 Å². The quantitative estimate of drug-likeness (QED) is 0.903. The predicted octanol–water partition coefficient (Wildman–Crippen LogP) is 2.79. The van der Waals surface area contributed by atoms with Crippen molar-refractivity contribution in [1.82, 2.24) is 15.1 Å². The third-order valence-corrected chi connectivity index (χ3v) is 4.49. The van der Waals surface area contributed by atoms with Crippen LogP contribution in [0.5, 0.6) is 0 Å². The number of aliphatic hydroxyl groups is 1. The van der Waals surface area contributed by atoms with Crippen molar-refractivity contribution < 1.29 is 9.63 Å². The van der Waals surface area contributed by atoms with Gasteiger partial charge in [0.25, 0.3) is 5.89 Å². The lowest BCUT2D eigenvalue weighted by Gasteiger charge is -2.38. The first-order valence-electron chi connectivity index (χ1n) is 7.75. The van der Waals surface area contributed by atoms with E-state index >= 15 is 0 Å². The molecule has 0 amide bonds. The first kappa shape index (κ1) is 15.0. The summed E-state index contributed by atoms with van der Waals surface area (Å²) >= 11 is 0. The van der Waals surface area contributed by atoms with Crippen LogP contribution in [0.4, 0.5) is 5.82 Å². The van der Waals surface area contributed by atoms with Gasteiger partial charge in [-0.05, 0) is 31.9 Å². The molecule has 2 aromatic heterocycles. The second-order valence-corrected chi connectivity index (χ2v) is 6.35. The number of aliphatic hydroxyl groups excluding tert-OH is 1. The average molecular weight is 302 g/mol. The molecular weight excluding hydrogens is 280 g/mol. The molecule has 118 valence electrons. The van der Waals surface area contributed by atoms with Gasteiger partial charge in [0.1, 0.15) is 5.82 Å². The normalized spacial score (nSPS) is 25.1. The van der Waals surface area contributed by atoms with E-state index in [0.717, 1.165) is 30.6 Å². The van der Waals surface area contributed by atoms with Gasteiger partial charge in [0.15, 0.2) is 5.82 Å². The summed E-state index contributed by atoms with van der Waals surface area (Å²) in [6.07, 6.45) is 5.66. The van der Waals surface area contributed by atoms with Crippen molar-refractivity contribution in [2.75, 3.05) is 11.9 Å². The Bertz CT molecular complexity index is 643. The van der Waals surface area contributed by atoms with Crippen molar-refractivity contribution in [3.05, 3.63) is 24.2 Å². The molecule has 0 aromatic carbocycles. The van der Waals surface area contributed by atoms with Gasteiger partial charge in [-0.1, -0.05) is 24.9 Å². The van der Waals surface area contributed by atoms with Crippen molar-refractivity contribution >= 4 is 5.82 Å². The van der Waals surface area contributed by atoms with Gasteiger partial charge in [-0.15, -0.1) is 0 Å². The zero-order valence-corrected chi connectivity index (χ0v) is 13.0. The summed E-state index contributed by atoms with van der Waals surface area (Å²) in [6, 6.07) is 3.74. The molecule has 0 bridgehead atoms. The highest BCUT2D eigenvalue weighted by Crippen LogP contribution is 2.36. The Labute approximate surface area is 130 Å². The Hall–Kier alpha value is -1.95. The third-order valence-electron chi connectivity index (χ3n) is 4.49. The first-order chi connectivity index (χ1) is 10.6. The largest absolute Gasteiger partial charge is 0.392 e. The number of nitrogens with zero attached hydrogens (tertiary/aromatic N) is 3. The molecule has 2 unspecified atom stereocenters. The topological polar surface area (TPSA) is 84.1 Å². The van der Waals surface area contributed by atoms with Gasteiger partial charge >= 0.3 is 0 Å². The van der Waals surface area contributed by atoms with Gasteiger partial charge in [-0.2, -0.15) is 4.98 Å². The molecule has 0 spiro atoms. The van der Waals surface area contributed by atoms with E-state index in [2.05, 4.69) is 27.4 Å². The van der Waals surface area contributed by atoms with E-state index in [4.69, 9.17) is 4.52 Å². The highest BCUT2D eigenvalue weighted by molar-refractivity contribution is 5.57. The molecule has 1 aliphatic carbocycles. The van der Waals surface area contributed by atoms with E-state index in [1.165, 1.54) is 6.42 Å². The van der Waals surface area contributed by atoms with Crippen LogP contribution >= 0.6 is 0 Å². The minimum atomic E-state index is -0.254. The van der Waals surface area contributed by atoms with Crippen LogP contribution in [0.15, 0.2) is 22.9 Å². The number of aryl methyl sites for hydroxylation is 1. The van der Waals surface area contributed by atoms with Crippen LogP contribution in [-0.2, 0) is 0 Å². The van der Waals surface area contributed by atoms with Crippen molar-refractivity contribution in [3.8, 4) is 11.5 Å². The zero-order chi connectivity index (χ0) is 15.6. The minimum Gasteiger partial charge on any atom is -0.392 e. The Morgan fingerprint density at radius 1 is 1.45 bits per heavy atom. The standard InChI is InChI=1S/C16H22N4O2/c1-11-19-15(22-20-11)12-6-8-17-14(9-12)18-10-16(2)7-4-3-5-13(16)21/h6,8-9,13,21H,3-5,7,10H2,1-2H3,(H,17,18). The number of hydrogen-bond acceptors (Lipinski definition) is 6. The summed E-state index contributed by atoms with van der Waals surface area (Å²) in [5.74, 6) is 1.86. The molecule has 1 fully saturated rings. The van der Waals surface area contributed by atoms with Gasteiger partial charge in [-0.3, -0.25) is 0 Å². The van der Waals surface area contributed by atoms with E-state index in [-0.39, 0.29) is 11.5 Å². The van der Waals surface area contributed by atoms with Crippen LogP contribution in [0.1, 0.15) is 38.4 Å². The molecule has 3 rings (SSSR count). The van der Waals surface area contributed by atoms with E-state index in [1.54, 1.807) is 13.1 Å². The number of aromatic nitrogens is 3. The Kier molecular flexibility index (Phi) is 4.11. The molecular formula is C16H22N4O2. The molecule has 2 atom stereocenters. The van der Waals surface area contributed by atoms with Gasteiger partial charge in [-0.25, -0.2) is 4.98 Å². The third kappa shape index (κ3) is 3.11. The summed E-state index contributed by atoms with van der Waals surface area (Å²) in [5, 5.41) is 17.4. The molecule has 2 aromatic rings. The lowest BCUT2D eigenvalue weighted by atomic mass is 9.73. The average Bonchev–Trinajstić information content (AvgIpc) is 2.96. The van der Waals surface area contributed by atoms with E-state index in [9.17, 15) is 5.11 Å². The maximum absolute atomic E-state index is 10.2. The summed E-state index contributed by atoms with van der Waals surface area (Å²) in [6.45, 7) is 4.63. The smallest absolute Gasteiger partial charge is 0.258 e. The van der Waals surface area contributed by atoms with Crippen molar-refractivity contribution in [3.63, 3.8) is 0 Å².